The quantitative estimate of drug-likeness (QED) is 0.718. The van der Waals surface area contributed by atoms with Gasteiger partial charge in [0, 0.05) is 18.6 Å². The number of hydrogen-bond acceptors (Lipinski definition) is 4. The van der Waals surface area contributed by atoms with Crippen molar-refractivity contribution in [1.29, 1.82) is 0 Å². The maximum atomic E-state index is 11.9. The summed E-state index contributed by atoms with van der Waals surface area (Å²) in [7, 11) is 0. The average molecular weight is 322 g/mol. The van der Waals surface area contributed by atoms with E-state index in [9.17, 15) is 9.90 Å². The Morgan fingerprint density at radius 1 is 1.13 bits per heavy atom. The molecule has 0 aliphatic carbocycles. The second-order valence-corrected chi connectivity index (χ2v) is 6.86. The number of phenolic OH excluding ortho intramolecular Hbond substituents is 1. The molecule has 130 valence electrons. The number of benzene rings is 1. The number of aromatic hydroxyl groups is 1. The maximum absolute atomic E-state index is 11.9. The molecule has 0 saturated heterocycles. The summed E-state index contributed by atoms with van der Waals surface area (Å²) >= 11 is 0. The lowest BCUT2D eigenvalue weighted by molar-refractivity contribution is 0.0507. The van der Waals surface area contributed by atoms with Crippen LogP contribution >= 0.6 is 0 Å². The smallest absolute Gasteiger partial charge is 0.407 e. The van der Waals surface area contributed by atoms with Crippen molar-refractivity contribution in [2.24, 2.45) is 0 Å². The third-order valence-electron chi connectivity index (χ3n) is 3.93. The maximum Gasteiger partial charge on any atom is 0.407 e. The molecule has 1 amide bonds. The first-order valence-corrected chi connectivity index (χ1v) is 8.19. The summed E-state index contributed by atoms with van der Waals surface area (Å²) in [6.07, 6.45) is 1.38. The molecule has 0 aromatic heterocycles. The van der Waals surface area contributed by atoms with Crippen LogP contribution < -0.4 is 10.6 Å². The lowest BCUT2D eigenvalue weighted by Crippen LogP contribution is -2.53. The summed E-state index contributed by atoms with van der Waals surface area (Å²) in [6.45, 7) is 10.9. The highest BCUT2D eigenvalue weighted by Gasteiger charge is 2.27. The molecule has 0 radical (unpaired) electrons. The summed E-state index contributed by atoms with van der Waals surface area (Å²) in [4.78, 5) is 11.9. The van der Waals surface area contributed by atoms with Gasteiger partial charge in [0.05, 0.1) is 0 Å². The highest BCUT2D eigenvalue weighted by molar-refractivity contribution is 5.67. The molecule has 0 saturated carbocycles. The average Bonchev–Trinajstić information content (AvgIpc) is 2.48. The second kappa shape index (κ2) is 8.20. The highest BCUT2D eigenvalue weighted by atomic mass is 16.6. The molecule has 0 aliphatic rings. The van der Waals surface area contributed by atoms with Crippen LogP contribution in [0.5, 0.6) is 5.75 Å². The SMILES string of the molecule is CCC(CC)(CNC(=O)OC(C)(C)C)NCc1ccc(O)cc1. The van der Waals surface area contributed by atoms with Crippen molar-refractivity contribution in [2.45, 2.75) is 65.1 Å². The Hall–Kier alpha value is -1.75. The van der Waals surface area contributed by atoms with Crippen molar-refractivity contribution in [3.8, 4) is 5.75 Å². The van der Waals surface area contributed by atoms with Gasteiger partial charge in [-0.3, -0.25) is 0 Å². The van der Waals surface area contributed by atoms with E-state index in [1.165, 1.54) is 0 Å². The van der Waals surface area contributed by atoms with Crippen molar-refractivity contribution < 1.29 is 14.6 Å². The Morgan fingerprint density at radius 2 is 1.70 bits per heavy atom. The topological polar surface area (TPSA) is 70.6 Å². The van der Waals surface area contributed by atoms with E-state index in [1.54, 1.807) is 12.1 Å². The monoisotopic (exact) mass is 322 g/mol. The molecule has 1 aromatic carbocycles. The third kappa shape index (κ3) is 6.91. The van der Waals surface area contributed by atoms with Crippen LogP contribution in [-0.2, 0) is 11.3 Å². The van der Waals surface area contributed by atoms with Gasteiger partial charge in [-0.25, -0.2) is 4.79 Å². The summed E-state index contributed by atoms with van der Waals surface area (Å²) < 4.78 is 5.29. The minimum absolute atomic E-state index is 0.186. The fourth-order valence-corrected chi connectivity index (χ4v) is 2.27. The normalized spacial score (nSPS) is 12.0. The van der Waals surface area contributed by atoms with Gasteiger partial charge in [0.1, 0.15) is 11.4 Å². The molecule has 23 heavy (non-hydrogen) atoms. The number of amides is 1. The van der Waals surface area contributed by atoms with Gasteiger partial charge < -0.3 is 20.5 Å². The number of rotatable bonds is 7. The molecule has 0 atom stereocenters. The minimum Gasteiger partial charge on any atom is -0.508 e. The molecule has 0 fully saturated rings. The molecule has 0 bridgehead atoms. The van der Waals surface area contributed by atoms with Crippen molar-refractivity contribution in [3.05, 3.63) is 29.8 Å². The van der Waals surface area contributed by atoms with Gasteiger partial charge in [-0.2, -0.15) is 0 Å². The molecule has 0 spiro atoms. The molecule has 5 nitrogen and oxygen atoms in total. The molecule has 0 heterocycles. The Kier molecular flexibility index (Phi) is 6.88. The Bertz CT molecular complexity index is 488. The summed E-state index contributed by atoms with van der Waals surface area (Å²) in [5.41, 5.74) is 0.408. The van der Waals surface area contributed by atoms with Crippen LogP contribution in [0.1, 0.15) is 53.0 Å². The van der Waals surface area contributed by atoms with E-state index in [0.717, 1.165) is 18.4 Å². The molecule has 1 aromatic rings. The van der Waals surface area contributed by atoms with Gasteiger partial charge >= 0.3 is 6.09 Å². The van der Waals surface area contributed by atoms with Gasteiger partial charge in [0.2, 0.25) is 0 Å². The third-order valence-corrected chi connectivity index (χ3v) is 3.93. The zero-order chi connectivity index (χ0) is 17.5. The van der Waals surface area contributed by atoms with E-state index in [-0.39, 0.29) is 11.3 Å². The molecule has 0 aliphatic heterocycles. The zero-order valence-electron chi connectivity index (χ0n) is 14.9. The number of nitrogens with one attached hydrogen (secondary N) is 2. The van der Waals surface area contributed by atoms with Gasteiger partial charge in [0.25, 0.3) is 0 Å². The molecule has 3 N–H and O–H groups in total. The predicted octanol–water partition coefficient (Wildman–Crippen LogP) is 3.57. The van der Waals surface area contributed by atoms with E-state index in [4.69, 9.17) is 4.74 Å². The Labute approximate surface area is 139 Å². The van der Waals surface area contributed by atoms with Crippen molar-refractivity contribution in [3.63, 3.8) is 0 Å². The van der Waals surface area contributed by atoms with Crippen molar-refractivity contribution in [2.75, 3.05) is 6.54 Å². The number of hydrogen-bond donors (Lipinski definition) is 3. The van der Waals surface area contributed by atoms with Crippen LogP contribution in [0.15, 0.2) is 24.3 Å². The Balaban J connectivity index is 2.60. The van der Waals surface area contributed by atoms with E-state index in [0.29, 0.717) is 13.1 Å². The lowest BCUT2D eigenvalue weighted by atomic mass is 9.92. The van der Waals surface area contributed by atoms with Gasteiger partial charge in [-0.05, 0) is 51.3 Å². The minimum atomic E-state index is -0.495. The van der Waals surface area contributed by atoms with Gasteiger partial charge in [-0.1, -0.05) is 26.0 Å². The Morgan fingerprint density at radius 3 is 2.17 bits per heavy atom. The first-order valence-electron chi connectivity index (χ1n) is 8.19. The first-order chi connectivity index (χ1) is 10.7. The van der Waals surface area contributed by atoms with Crippen LogP contribution in [-0.4, -0.2) is 28.9 Å². The summed E-state index contributed by atoms with van der Waals surface area (Å²) in [6, 6.07) is 7.13. The molecule has 5 heteroatoms. The van der Waals surface area contributed by atoms with Crippen LogP contribution in [0.25, 0.3) is 0 Å². The lowest BCUT2D eigenvalue weighted by Gasteiger charge is -2.34. The fraction of sp³-hybridized carbons (Fsp3) is 0.611. The van der Waals surface area contributed by atoms with Gasteiger partial charge in [0.15, 0.2) is 0 Å². The number of carbonyl (C=O) groups excluding carboxylic acids is 1. The van der Waals surface area contributed by atoms with Crippen LogP contribution in [0.2, 0.25) is 0 Å². The fourth-order valence-electron chi connectivity index (χ4n) is 2.27. The van der Waals surface area contributed by atoms with Gasteiger partial charge in [-0.15, -0.1) is 0 Å². The van der Waals surface area contributed by atoms with E-state index < -0.39 is 11.7 Å². The van der Waals surface area contributed by atoms with Crippen LogP contribution in [0.3, 0.4) is 0 Å². The first kappa shape index (κ1) is 19.3. The molecular weight excluding hydrogens is 292 g/mol. The summed E-state index contributed by atoms with van der Waals surface area (Å²) in [5.74, 6) is 0.262. The summed E-state index contributed by atoms with van der Waals surface area (Å²) in [5, 5.41) is 15.7. The number of ether oxygens (including phenoxy) is 1. The predicted molar refractivity (Wildman–Crippen MR) is 92.5 cm³/mol. The van der Waals surface area contributed by atoms with E-state index >= 15 is 0 Å². The molecule has 0 unspecified atom stereocenters. The second-order valence-electron chi connectivity index (χ2n) is 6.86. The van der Waals surface area contributed by atoms with E-state index in [2.05, 4.69) is 24.5 Å². The highest BCUT2D eigenvalue weighted by Crippen LogP contribution is 2.17. The standard InChI is InChI=1S/C18H30N2O3/c1-6-18(7-2,13-19-16(22)23-17(3,4)5)20-12-14-8-10-15(21)11-9-14/h8-11,20-21H,6-7,12-13H2,1-5H3,(H,19,22). The number of alkyl carbamates (subject to hydrolysis) is 1. The number of carbonyl (C=O) groups is 1. The van der Waals surface area contributed by atoms with Crippen LogP contribution in [0, 0.1) is 0 Å². The van der Waals surface area contributed by atoms with Crippen molar-refractivity contribution >= 4 is 6.09 Å². The van der Waals surface area contributed by atoms with E-state index in [1.807, 2.05) is 32.9 Å². The number of phenols is 1. The molecular formula is C18H30N2O3. The zero-order valence-corrected chi connectivity index (χ0v) is 14.9. The largest absolute Gasteiger partial charge is 0.508 e. The van der Waals surface area contributed by atoms with Crippen LogP contribution in [0.4, 0.5) is 4.79 Å². The van der Waals surface area contributed by atoms with Crippen molar-refractivity contribution in [1.82, 2.24) is 10.6 Å². The molecule has 1 rings (SSSR count).